The molecule has 0 bridgehead atoms. The van der Waals surface area contributed by atoms with Crippen molar-refractivity contribution in [3.63, 3.8) is 0 Å². The van der Waals surface area contributed by atoms with Crippen LogP contribution >= 0.6 is 0 Å². The number of piperazine rings is 1. The van der Waals surface area contributed by atoms with E-state index in [1.807, 2.05) is 4.90 Å². The first-order valence-corrected chi connectivity index (χ1v) is 10.8. The van der Waals surface area contributed by atoms with Gasteiger partial charge in [0, 0.05) is 39.3 Å². The zero-order chi connectivity index (χ0) is 21.2. The van der Waals surface area contributed by atoms with Gasteiger partial charge in [0.2, 0.25) is 0 Å². The highest BCUT2D eigenvalue weighted by Crippen LogP contribution is 2.43. The van der Waals surface area contributed by atoms with Crippen LogP contribution in [0.2, 0.25) is 0 Å². The number of nitrogens with one attached hydrogen (secondary N) is 1. The number of pyridine rings is 1. The Bertz CT molecular complexity index is 717. The van der Waals surface area contributed by atoms with Crippen molar-refractivity contribution in [1.29, 1.82) is 0 Å². The van der Waals surface area contributed by atoms with Crippen LogP contribution in [0.15, 0.2) is 12.1 Å². The van der Waals surface area contributed by atoms with Crippen LogP contribution in [0.5, 0.6) is 0 Å². The fourth-order valence-electron chi connectivity index (χ4n) is 4.77. The summed E-state index contributed by atoms with van der Waals surface area (Å²) in [6.45, 7) is 10.2. The minimum Gasteiger partial charge on any atom is -0.367 e. The van der Waals surface area contributed by atoms with Gasteiger partial charge < -0.3 is 10.2 Å². The van der Waals surface area contributed by atoms with Gasteiger partial charge in [0.05, 0.1) is 5.69 Å². The van der Waals surface area contributed by atoms with E-state index in [1.54, 1.807) is 6.07 Å². The second kappa shape index (κ2) is 8.94. The largest absolute Gasteiger partial charge is 0.367 e. The van der Waals surface area contributed by atoms with E-state index >= 15 is 0 Å². The lowest BCUT2D eigenvalue weighted by Gasteiger charge is -2.40. The molecule has 2 heterocycles. The van der Waals surface area contributed by atoms with Crippen LogP contribution < -0.4 is 10.2 Å². The number of aromatic nitrogens is 1. The summed E-state index contributed by atoms with van der Waals surface area (Å²) >= 11 is 0. The monoisotopic (exact) mass is 408 g/mol. The van der Waals surface area contributed by atoms with E-state index in [9.17, 15) is 13.6 Å². The smallest absolute Gasteiger partial charge is 0.282 e. The molecule has 5 nitrogen and oxygen atoms in total. The molecule has 1 unspecified atom stereocenters. The number of carbonyl (C=O) groups is 1. The molecule has 2 fully saturated rings. The normalized spacial score (nSPS) is 23.6. The summed E-state index contributed by atoms with van der Waals surface area (Å²) in [4.78, 5) is 20.2. The Hall–Kier alpha value is -1.76. The molecule has 1 saturated heterocycles. The minimum atomic E-state index is -2.71. The molecular weight excluding hydrogens is 374 g/mol. The van der Waals surface area contributed by atoms with E-state index in [-0.39, 0.29) is 11.4 Å². The van der Waals surface area contributed by atoms with E-state index < -0.39 is 12.3 Å². The summed E-state index contributed by atoms with van der Waals surface area (Å²) in [6.07, 6.45) is 2.25. The highest BCUT2D eigenvalue weighted by atomic mass is 19.3. The lowest BCUT2D eigenvalue weighted by Crippen LogP contribution is -2.50. The molecule has 1 saturated carbocycles. The van der Waals surface area contributed by atoms with Crippen molar-refractivity contribution in [1.82, 2.24) is 15.2 Å². The van der Waals surface area contributed by atoms with Gasteiger partial charge in [0.1, 0.15) is 11.4 Å². The summed E-state index contributed by atoms with van der Waals surface area (Å²) in [7, 11) is 1.47. The van der Waals surface area contributed by atoms with Crippen molar-refractivity contribution >= 4 is 11.6 Å². The molecule has 1 aliphatic carbocycles. The Labute approximate surface area is 172 Å². The Kier molecular flexibility index (Phi) is 6.76. The fourth-order valence-corrected chi connectivity index (χ4v) is 4.77. The Morgan fingerprint density at radius 1 is 1.24 bits per heavy atom. The van der Waals surface area contributed by atoms with Crippen molar-refractivity contribution in [2.45, 2.75) is 58.9 Å². The second-order valence-corrected chi connectivity index (χ2v) is 9.01. The van der Waals surface area contributed by atoms with Crippen LogP contribution in [0.1, 0.15) is 69.1 Å². The van der Waals surface area contributed by atoms with Gasteiger partial charge in [-0.25, -0.2) is 13.8 Å². The van der Waals surface area contributed by atoms with E-state index in [0.29, 0.717) is 30.2 Å². The lowest BCUT2D eigenvalue weighted by atomic mass is 9.76. The van der Waals surface area contributed by atoms with Crippen molar-refractivity contribution in [3.05, 3.63) is 23.5 Å². The number of carbonyl (C=O) groups excluding carboxylic acids is 1. The van der Waals surface area contributed by atoms with Gasteiger partial charge in [-0.05, 0) is 42.7 Å². The number of rotatable bonds is 6. The number of alkyl halides is 2. The van der Waals surface area contributed by atoms with E-state index in [1.165, 1.54) is 38.8 Å². The molecule has 162 valence electrons. The van der Waals surface area contributed by atoms with Crippen LogP contribution in [0.25, 0.3) is 0 Å². The van der Waals surface area contributed by atoms with Gasteiger partial charge >= 0.3 is 0 Å². The molecule has 1 amide bonds. The molecular formula is C22H34F2N4O. The Morgan fingerprint density at radius 2 is 1.93 bits per heavy atom. The first-order chi connectivity index (χ1) is 13.8. The van der Waals surface area contributed by atoms with Crippen LogP contribution in [0, 0.1) is 11.3 Å². The standard InChI is InChI=1S/C22H34F2N4O/c1-5-22(2,3)15-6-7-16(14-15)27-10-12-28(13-11-27)18-9-8-17(21(29)25-4)26-19(18)20(23)24/h8-9,15-16,20H,5-7,10-14H2,1-4H3,(H,25,29)/t15?,16-/m1/s1. The molecule has 1 aromatic heterocycles. The predicted molar refractivity (Wildman–Crippen MR) is 112 cm³/mol. The molecule has 29 heavy (non-hydrogen) atoms. The molecule has 2 aliphatic rings. The highest BCUT2D eigenvalue weighted by Gasteiger charge is 2.38. The molecule has 0 radical (unpaired) electrons. The summed E-state index contributed by atoms with van der Waals surface area (Å²) in [6, 6.07) is 3.75. The number of nitrogens with zero attached hydrogens (tertiary/aromatic N) is 3. The maximum atomic E-state index is 13.6. The summed E-state index contributed by atoms with van der Waals surface area (Å²) in [5, 5.41) is 2.44. The summed E-state index contributed by atoms with van der Waals surface area (Å²) in [5.74, 6) is 0.316. The van der Waals surface area contributed by atoms with E-state index in [4.69, 9.17) is 0 Å². The molecule has 2 atom stereocenters. The van der Waals surface area contributed by atoms with Crippen LogP contribution in [-0.4, -0.2) is 55.1 Å². The Morgan fingerprint density at radius 3 is 2.52 bits per heavy atom. The molecule has 1 N–H and O–H groups in total. The van der Waals surface area contributed by atoms with Crippen molar-refractivity contribution in [3.8, 4) is 0 Å². The predicted octanol–water partition coefficient (Wildman–Crippen LogP) is 4.11. The molecule has 0 spiro atoms. The highest BCUT2D eigenvalue weighted by molar-refractivity contribution is 5.92. The molecule has 0 aromatic carbocycles. The average Bonchev–Trinajstić information content (AvgIpc) is 3.24. The van der Waals surface area contributed by atoms with Gasteiger partial charge in [-0.2, -0.15) is 0 Å². The Balaban J connectivity index is 1.64. The number of amides is 1. The number of hydrogen-bond donors (Lipinski definition) is 1. The second-order valence-electron chi connectivity index (χ2n) is 9.01. The number of hydrogen-bond acceptors (Lipinski definition) is 4. The van der Waals surface area contributed by atoms with Crippen molar-refractivity contribution in [2.24, 2.45) is 11.3 Å². The van der Waals surface area contributed by atoms with Gasteiger partial charge in [-0.3, -0.25) is 9.69 Å². The quantitative estimate of drug-likeness (QED) is 0.770. The van der Waals surface area contributed by atoms with Gasteiger partial charge in [-0.1, -0.05) is 27.2 Å². The van der Waals surface area contributed by atoms with Crippen molar-refractivity contribution in [2.75, 3.05) is 38.1 Å². The summed E-state index contributed by atoms with van der Waals surface area (Å²) in [5.41, 5.74) is 0.565. The third kappa shape index (κ3) is 4.71. The number of anilines is 1. The zero-order valence-corrected chi connectivity index (χ0v) is 18.0. The lowest BCUT2D eigenvalue weighted by molar-refractivity contribution is 0.0956. The minimum absolute atomic E-state index is 0.0284. The molecule has 1 aromatic rings. The molecule has 1 aliphatic heterocycles. The zero-order valence-electron chi connectivity index (χ0n) is 18.0. The van der Waals surface area contributed by atoms with Gasteiger partial charge in [-0.15, -0.1) is 0 Å². The first-order valence-electron chi connectivity index (χ1n) is 10.8. The van der Waals surface area contributed by atoms with E-state index in [0.717, 1.165) is 19.0 Å². The van der Waals surface area contributed by atoms with Crippen LogP contribution in [0.4, 0.5) is 14.5 Å². The first kappa shape index (κ1) is 21.9. The summed E-state index contributed by atoms with van der Waals surface area (Å²) < 4.78 is 27.2. The maximum Gasteiger partial charge on any atom is 0.282 e. The third-order valence-corrected chi connectivity index (χ3v) is 7.16. The van der Waals surface area contributed by atoms with Gasteiger partial charge in [0.15, 0.2) is 0 Å². The third-order valence-electron chi connectivity index (χ3n) is 7.16. The molecule has 3 rings (SSSR count). The SMILES string of the molecule is CCC(C)(C)C1CC[C@@H](N2CCN(c3ccc(C(=O)NC)nc3C(F)F)CC2)C1. The topological polar surface area (TPSA) is 48.5 Å². The van der Waals surface area contributed by atoms with Crippen LogP contribution in [0.3, 0.4) is 0 Å². The average molecular weight is 409 g/mol. The maximum absolute atomic E-state index is 13.6. The fraction of sp³-hybridized carbons (Fsp3) is 0.727. The van der Waals surface area contributed by atoms with E-state index in [2.05, 4.69) is 36.0 Å². The van der Waals surface area contributed by atoms with Crippen LogP contribution in [-0.2, 0) is 0 Å². The number of halogens is 2. The van der Waals surface area contributed by atoms with Gasteiger partial charge in [0.25, 0.3) is 12.3 Å². The van der Waals surface area contributed by atoms with Crippen molar-refractivity contribution < 1.29 is 13.6 Å². The molecule has 7 heteroatoms.